The Labute approximate surface area is 177 Å². The van der Waals surface area contributed by atoms with E-state index in [1.807, 2.05) is 24.4 Å². The summed E-state index contributed by atoms with van der Waals surface area (Å²) in [5, 5.41) is 13.2. The maximum atomic E-state index is 6.08. The van der Waals surface area contributed by atoms with Crippen LogP contribution in [0.25, 0.3) is 11.3 Å². The van der Waals surface area contributed by atoms with Gasteiger partial charge in [-0.15, -0.1) is 11.3 Å². The third-order valence-corrected chi connectivity index (χ3v) is 5.93. The van der Waals surface area contributed by atoms with Crippen molar-refractivity contribution in [2.75, 3.05) is 23.3 Å². The molecule has 9 nitrogen and oxygen atoms in total. The molecule has 5 rings (SSSR count). The summed E-state index contributed by atoms with van der Waals surface area (Å²) in [5.41, 5.74) is 1.92. The van der Waals surface area contributed by atoms with Gasteiger partial charge in [-0.25, -0.2) is 14.6 Å². The number of anilines is 2. The molecule has 1 fully saturated rings. The van der Waals surface area contributed by atoms with Gasteiger partial charge in [-0.3, -0.25) is 4.98 Å². The van der Waals surface area contributed by atoms with Crippen LogP contribution in [0.3, 0.4) is 0 Å². The van der Waals surface area contributed by atoms with Crippen LogP contribution in [-0.2, 0) is 17.9 Å². The third kappa shape index (κ3) is 4.24. The van der Waals surface area contributed by atoms with Crippen LogP contribution >= 0.6 is 11.3 Å². The SMILES string of the molecule is c1cncc(COC2CCN(c3nc4nonc4nc3NCc3cccs3)CC2)c1. The van der Waals surface area contributed by atoms with Gasteiger partial charge in [-0.2, -0.15) is 0 Å². The van der Waals surface area contributed by atoms with Crippen LogP contribution in [-0.4, -0.2) is 44.5 Å². The second-order valence-electron chi connectivity index (χ2n) is 7.10. The van der Waals surface area contributed by atoms with E-state index in [1.54, 1.807) is 17.5 Å². The van der Waals surface area contributed by atoms with E-state index in [2.05, 4.69) is 46.9 Å². The van der Waals surface area contributed by atoms with Crippen LogP contribution in [0.5, 0.6) is 0 Å². The van der Waals surface area contributed by atoms with Crippen molar-refractivity contribution in [3.05, 3.63) is 52.5 Å². The monoisotopic (exact) mass is 423 g/mol. The van der Waals surface area contributed by atoms with Crippen molar-refractivity contribution in [1.82, 2.24) is 25.3 Å². The molecule has 0 radical (unpaired) electrons. The van der Waals surface area contributed by atoms with Crippen molar-refractivity contribution < 1.29 is 9.37 Å². The molecule has 10 heteroatoms. The topological polar surface area (TPSA) is 102 Å². The second-order valence-corrected chi connectivity index (χ2v) is 8.13. The zero-order valence-electron chi connectivity index (χ0n) is 16.3. The Morgan fingerprint density at radius 1 is 1.13 bits per heavy atom. The number of pyridine rings is 1. The van der Waals surface area contributed by atoms with Gasteiger partial charge in [0, 0.05) is 30.4 Å². The maximum Gasteiger partial charge on any atom is 0.245 e. The summed E-state index contributed by atoms with van der Waals surface area (Å²) in [5.74, 6) is 1.47. The van der Waals surface area contributed by atoms with E-state index < -0.39 is 0 Å². The lowest BCUT2D eigenvalue weighted by atomic mass is 10.1. The van der Waals surface area contributed by atoms with E-state index in [9.17, 15) is 0 Å². The van der Waals surface area contributed by atoms with Crippen molar-refractivity contribution >= 4 is 34.3 Å². The summed E-state index contributed by atoms with van der Waals surface area (Å²) in [6, 6.07) is 8.09. The van der Waals surface area contributed by atoms with E-state index in [0.29, 0.717) is 30.3 Å². The molecular formula is C20H21N7O2S. The summed E-state index contributed by atoms with van der Waals surface area (Å²) in [4.78, 5) is 16.8. The molecule has 4 aromatic heterocycles. The molecule has 1 N–H and O–H groups in total. The molecule has 0 atom stereocenters. The first-order valence-corrected chi connectivity index (χ1v) is 10.7. The molecule has 1 aliphatic rings. The minimum absolute atomic E-state index is 0.217. The van der Waals surface area contributed by atoms with Crippen molar-refractivity contribution in [3.63, 3.8) is 0 Å². The highest BCUT2D eigenvalue weighted by Crippen LogP contribution is 2.28. The molecule has 0 aromatic carbocycles. The van der Waals surface area contributed by atoms with E-state index in [1.165, 1.54) is 4.88 Å². The van der Waals surface area contributed by atoms with E-state index in [4.69, 9.17) is 9.37 Å². The molecule has 0 unspecified atom stereocenters. The third-order valence-electron chi connectivity index (χ3n) is 5.06. The number of thiophene rings is 1. The fraction of sp³-hybridized carbons (Fsp3) is 0.350. The van der Waals surface area contributed by atoms with Crippen molar-refractivity contribution in [3.8, 4) is 0 Å². The number of nitrogens with zero attached hydrogens (tertiary/aromatic N) is 6. The van der Waals surface area contributed by atoms with Gasteiger partial charge in [0.25, 0.3) is 0 Å². The van der Waals surface area contributed by atoms with Crippen LogP contribution < -0.4 is 10.2 Å². The molecule has 1 saturated heterocycles. The smallest absolute Gasteiger partial charge is 0.245 e. The summed E-state index contributed by atoms with van der Waals surface area (Å²) in [6.07, 6.45) is 5.67. The fourth-order valence-electron chi connectivity index (χ4n) is 3.48. The molecule has 0 aliphatic carbocycles. The van der Waals surface area contributed by atoms with Gasteiger partial charge >= 0.3 is 0 Å². The lowest BCUT2D eigenvalue weighted by Gasteiger charge is -2.33. The molecule has 0 spiro atoms. The number of hydrogen-bond acceptors (Lipinski definition) is 10. The van der Waals surface area contributed by atoms with Crippen LogP contribution in [0.1, 0.15) is 23.3 Å². The average molecular weight is 424 g/mol. The summed E-state index contributed by atoms with van der Waals surface area (Å²) in [6.45, 7) is 2.93. The Bertz CT molecular complexity index is 1080. The Kier molecular flexibility index (Phi) is 5.49. The number of nitrogens with one attached hydrogen (secondary N) is 1. The standard InChI is InChI=1S/C20H21N7O2S/c1-3-14(11-21-7-1)13-28-15-5-8-27(9-6-15)20-19(22-12-16-4-2-10-30-16)23-17-18(24-20)26-29-25-17/h1-4,7,10-11,15H,5-6,8-9,12-13H2,(H,22,23,25). The number of aromatic nitrogens is 5. The van der Waals surface area contributed by atoms with Gasteiger partial charge in [0.05, 0.1) is 19.3 Å². The Morgan fingerprint density at radius 2 is 2.00 bits per heavy atom. The highest BCUT2D eigenvalue weighted by Gasteiger charge is 2.24. The Balaban J connectivity index is 1.26. The zero-order valence-corrected chi connectivity index (χ0v) is 17.1. The Hall–Kier alpha value is -3.11. The summed E-state index contributed by atoms with van der Waals surface area (Å²) in [7, 11) is 0. The van der Waals surface area contributed by atoms with Gasteiger partial charge < -0.3 is 15.0 Å². The Morgan fingerprint density at radius 3 is 2.77 bits per heavy atom. The second kappa shape index (κ2) is 8.72. The van der Waals surface area contributed by atoms with E-state index >= 15 is 0 Å². The molecule has 4 aromatic rings. The number of fused-ring (bicyclic) bond motifs is 1. The first kappa shape index (κ1) is 18.9. The maximum absolute atomic E-state index is 6.08. The van der Waals surface area contributed by atoms with E-state index in [0.717, 1.165) is 37.3 Å². The predicted octanol–water partition coefficient (Wildman–Crippen LogP) is 3.27. The van der Waals surface area contributed by atoms with Crippen molar-refractivity contribution in [2.24, 2.45) is 0 Å². The van der Waals surface area contributed by atoms with Crippen molar-refractivity contribution in [2.45, 2.75) is 32.1 Å². The normalized spacial score (nSPS) is 15.0. The first-order chi connectivity index (χ1) is 14.8. The quantitative estimate of drug-likeness (QED) is 0.480. The van der Waals surface area contributed by atoms with Gasteiger partial charge in [0.2, 0.25) is 11.3 Å². The summed E-state index contributed by atoms with van der Waals surface area (Å²) < 4.78 is 10.9. The lowest BCUT2D eigenvalue weighted by molar-refractivity contribution is 0.0249. The van der Waals surface area contributed by atoms with Crippen LogP contribution in [0.4, 0.5) is 11.6 Å². The highest BCUT2D eigenvalue weighted by molar-refractivity contribution is 7.09. The molecule has 0 amide bonds. The minimum Gasteiger partial charge on any atom is -0.373 e. The van der Waals surface area contributed by atoms with Gasteiger partial charge in [-0.05, 0) is 46.2 Å². The average Bonchev–Trinajstić information content (AvgIpc) is 3.48. The van der Waals surface area contributed by atoms with Crippen LogP contribution in [0.2, 0.25) is 0 Å². The number of hydrogen-bond donors (Lipinski definition) is 1. The number of piperidine rings is 1. The van der Waals surface area contributed by atoms with Gasteiger partial charge in [-0.1, -0.05) is 12.1 Å². The predicted molar refractivity (Wildman–Crippen MR) is 113 cm³/mol. The minimum atomic E-state index is 0.217. The zero-order chi connectivity index (χ0) is 20.2. The van der Waals surface area contributed by atoms with Crippen molar-refractivity contribution in [1.29, 1.82) is 0 Å². The molecular weight excluding hydrogens is 402 g/mol. The molecule has 0 bridgehead atoms. The van der Waals surface area contributed by atoms with Crippen LogP contribution in [0, 0.1) is 0 Å². The molecule has 154 valence electrons. The largest absolute Gasteiger partial charge is 0.373 e. The molecule has 1 aliphatic heterocycles. The highest BCUT2D eigenvalue weighted by atomic mass is 32.1. The molecule has 5 heterocycles. The lowest BCUT2D eigenvalue weighted by Crippen LogP contribution is -2.38. The van der Waals surface area contributed by atoms with Crippen LogP contribution in [0.15, 0.2) is 46.7 Å². The molecule has 30 heavy (non-hydrogen) atoms. The number of ether oxygens (including phenoxy) is 1. The van der Waals surface area contributed by atoms with E-state index in [-0.39, 0.29) is 6.10 Å². The van der Waals surface area contributed by atoms with Gasteiger partial charge in [0.15, 0.2) is 11.6 Å². The summed E-state index contributed by atoms with van der Waals surface area (Å²) >= 11 is 1.70. The number of rotatable bonds is 7. The van der Waals surface area contributed by atoms with Gasteiger partial charge in [0.1, 0.15) is 0 Å². The first-order valence-electron chi connectivity index (χ1n) is 9.87. The molecule has 0 saturated carbocycles. The fourth-order valence-corrected chi connectivity index (χ4v) is 4.13.